The maximum atomic E-state index is 11.2. The van der Waals surface area contributed by atoms with Gasteiger partial charge in [-0.15, -0.1) is 0 Å². The lowest BCUT2D eigenvalue weighted by atomic mass is 10.2. The average molecular weight is 225 g/mol. The van der Waals surface area contributed by atoms with Crippen LogP contribution in [0.1, 0.15) is 5.56 Å². The second-order valence-corrected chi connectivity index (χ2v) is 3.07. The van der Waals surface area contributed by atoms with Crippen LogP contribution in [0.2, 0.25) is 0 Å². The molecule has 2 N–H and O–H groups in total. The second kappa shape index (κ2) is 6.81. The van der Waals surface area contributed by atoms with Crippen LogP contribution < -0.4 is 5.32 Å². The molecule has 88 valence electrons. The Bertz CT molecular complexity index is 341. The highest BCUT2D eigenvalue weighted by atomic mass is 16.6. The number of ether oxygens (including phenoxy) is 2. The minimum atomic E-state index is -0.586. The van der Waals surface area contributed by atoms with Gasteiger partial charge in [0.05, 0.1) is 13.2 Å². The van der Waals surface area contributed by atoms with E-state index in [1.54, 1.807) is 19.2 Å². The van der Waals surface area contributed by atoms with E-state index in [2.05, 4.69) is 10.1 Å². The van der Waals surface area contributed by atoms with E-state index in [4.69, 9.17) is 9.84 Å². The number of benzene rings is 1. The quantitative estimate of drug-likeness (QED) is 0.794. The summed E-state index contributed by atoms with van der Waals surface area (Å²) in [5.41, 5.74) is 1.51. The van der Waals surface area contributed by atoms with Crippen LogP contribution in [0.5, 0.6) is 0 Å². The zero-order valence-corrected chi connectivity index (χ0v) is 9.10. The topological polar surface area (TPSA) is 67.8 Å². The first kappa shape index (κ1) is 12.5. The normalized spacial score (nSPS) is 9.88. The van der Waals surface area contributed by atoms with Gasteiger partial charge in [-0.1, -0.05) is 18.2 Å². The van der Waals surface area contributed by atoms with Crippen molar-refractivity contribution in [3.63, 3.8) is 0 Å². The van der Waals surface area contributed by atoms with Gasteiger partial charge in [-0.05, 0) is 6.07 Å². The van der Waals surface area contributed by atoms with Crippen molar-refractivity contribution < 1.29 is 19.4 Å². The predicted molar refractivity (Wildman–Crippen MR) is 59.2 cm³/mol. The van der Waals surface area contributed by atoms with Crippen molar-refractivity contribution in [1.82, 2.24) is 0 Å². The van der Waals surface area contributed by atoms with Gasteiger partial charge in [-0.3, -0.25) is 5.32 Å². The van der Waals surface area contributed by atoms with Crippen molar-refractivity contribution in [1.29, 1.82) is 0 Å². The number of aliphatic hydroxyl groups excluding tert-OH is 1. The summed E-state index contributed by atoms with van der Waals surface area (Å²) in [5, 5.41) is 11.1. The van der Waals surface area contributed by atoms with Crippen molar-refractivity contribution >= 4 is 11.8 Å². The first-order chi connectivity index (χ1) is 7.77. The van der Waals surface area contributed by atoms with Gasteiger partial charge in [0.1, 0.15) is 6.61 Å². The van der Waals surface area contributed by atoms with Crippen molar-refractivity contribution in [2.45, 2.75) is 6.61 Å². The minimum Gasteiger partial charge on any atom is -0.447 e. The maximum Gasteiger partial charge on any atom is 0.411 e. The molecule has 1 rings (SSSR count). The Labute approximate surface area is 94.0 Å². The van der Waals surface area contributed by atoms with Crippen LogP contribution in [0.25, 0.3) is 0 Å². The summed E-state index contributed by atoms with van der Waals surface area (Å²) in [4.78, 5) is 11.2. The Hall–Kier alpha value is -1.59. The minimum absolute atomic E-state index is 0.0156. The van der Waals surface area contributed by atoms with E-state index < -0.39 is 6.09 Å². The molecule has 0 saturated heterocycles. The lowest BCUT2D eigenvalue weighted by Gasteiger charge is -2.10. The van der Waals surface area contributed by atoms with E-state index in [0.717, 1.165) is 5.56 Å². The molecule has 0 aromatic heterocycles. The number of methoxy groups -OCH3 is 1. The molecule has 16 heavy (non-hydrogen) atoms. The van der Waals surface area contributed by atoms with Crippen molar-refractivity contribution in [3.05, 3.63) is 29.8 Å². The Morgan fingerprint density at radius 3 is 2.88 bits per heavy atom. The third-order valence-electron chi connectivity index (χ3n) is 1.88. The Kier molecular flexibility index (Phi) is 5.31. The molecule has 0 saturated carbocycles. The third kappa shape index (κ3) is 3.88. The van der Waals surface area contributed by atoms with Crippen LogP contribution in [0.3, 0.4) is 0 Å². The van der Waals surface area contributed by atoms with Crippen molar-refractivity contribution in [3.8, 4) is 0 Å². The molecular weight excluding hydrogens is 210 g/mol. The summed E-state index contributed by atoms with van der Waals surface area (Å²) >= 11 is 0. The molecular formula is C11H15NO4. The number of rotatable bonds is 5. The van der Waals surface area contributed by atoms with E-state index in [9.17, 15) is 4.79 Å². The number of carbonyl (C=O) groups excluding carboxylic acids is 1. The fourth-order valence-corrected chi connectivity index (χ4v) is 1.21. The Balaban J connectivity index is 2.61. The standard InChI is InChI=1S/C11H15NO4/c1-15-8-9-4-2-3-5-10(9)12-11(14)16-7-6-13/h2-5,13H,6-8H2,1H3,(H,12,14). The van der Waals surface area contributed by atoms with Gasteiger partial charge in [-0.2, -0.15) is 0 Å². The number of anilines is 1. The van der Waals surface area contributed by atoms with Gasteiger partial charge in [-0.25, -0.2) is 4.79 Å². The van der Waals surface area contributed by atoms with E-state index in [-0.39, 0.29) is 13.2 Å². The second-order valence-electron chi connectivity index (χ2n) is 3.07. The first-order valence-corrected chi connectivity index (χ1v) is 4.89. The van der Waals surface area contributed by atoms with Crippen molar-refractivity contribution in [2.75, 3.05) is 25.6 Å². The molecule has 0 spiro atoms. The smallest absolute Gasteiger partial charge is 0.411 e. The number of amides is 1. The van der Waals surface area contributed by atoms with Gasteiger partial charge in [0.2, 0.25) is 0 Å². The summed E-state index contributed by atoms with van der Waals surface area (Å²) in [6, 6.07) is 7.28. The van der Waals surface area contributed by atoms with E-state index in [1.165, 1.54) is 0 Å². The number of hydrogen-bond donors (Lipinski definition) is 2. The Morgan fingerprint density at radius 2 is 2.19 bits per heavy atom. The number of aliphatic hydroxyl groups is 1. The van der Waals surface area contributed by atoms with Crippen molar-refractivity contribution in [2.24, 2.45) is 0 Å². The third-order valence-corrected chi connectivity index (χ3v) is 1.88. The highest BCUT2D eigenvalue weighted by molar-refractivity contribution is 5.85. The van der Waals surface area contributed by atoms with Crippen LogP contribution in [0.4, 0.5) is 10.5 Å². The highest BCUT2D eigenvalue weighted by Gasteiger charge is 2.06. The highest BCUT2D eigenvalue weighted by Crippen LogP contribution is 2.15. The summed E-state index contributed by atoms with van der Waals surface area (Å²) in [6.07, 6.45) is -0.586. The molecule has 0 fully saturated rings. The fourth-order valence-electron chi connectivity index (χ4n) is 1.21. The summed E-state index contributed by atoms with van der Waals surface area (Å²) in [6.45, 7) is 0.210. The zero-order chi connectivity index (χ0) is 11.8. The lowest BCUT2D eigenvalue weighted by molar-refractivity contribution is 0.131. The van der Waals surface area contributed by atoms with Gasteiger partial charge in [0.15, 0.2) is 0 Å². The summed E-state index contributed by atoms with van der Waals surface area (Å²) in [5.74, 6) is 0. The molecule has 5 heteroatoms. The molecule has 0 bridgehead atoms. The molecule has 1 amide bonds. The average Bonchev–Trinajstić information content (AvgIpc) is 2.29. The van der Waals surface area contributed by atoms with Gasteiger partial charge < -0.3 is 14.6 Å². The van der Waals surface area contributed by atoms with Crippen LogP contribution in [-0.2, 0) is 16.1 Å². The number of nitrogens with one attached hydrogen (secondary N) is 1. The number of carbonyl (C=O) groups is 1. The largest absolute Gasteiger partial charge is 0.447 e. The van der Waals surface area contributed by atoms with Crippen LogP contribution in [0.15, 0.2) is 24.3 Å². The van der Waals surface area contributed by atoms with Gasteiger partial charge >= 0.3 is 6.09 Å². The van der Waals surface area contributed by atoms with Gasteiger partial charge in [0.25, 0.3) is 0 Å². The summed E-state index contributed by atoms with van der Waals surface area (Å²) in [7, 11) is 1.58. The Morgan fingerprint density at radius 1 is 1.44 bits per heavy atom. The number of hydrogen-bond acceptors (Lipinski definition) is 4. The first-order valence-electron chi connectivity index (χ1n) is 4.89. The molecule has 0 aliphatic carbocycles. The molecule has 0 aliphatic rings. The molecule has 0 radical (unpaired) electrons. The molecule has 1 aromatic rings. The van der Waals surface area contributed by atoms with Crippen LogP contribution in [0, 0.1) is 0 Å². The van der Waals surface area contributed by atoms with E-state index in [1.807, 2.05) is 12.1 Å². The SMILES string of the molecule is COCc1ccccc1NC(=O)OCCO. The lowest BCUT2D eigenvalue weighted by Crippen LogP contribution is -2.16. The molecule has 0 unspecified atom stereocenters. The van der Waals surface area contributed by atoms with Gasteiger partial charge in [0, 0.05) is 18.4 Å². The molecule has 0 atom stereocenters. The van der Waals surface area contributed by atoms with Crippen LogP contribution >= 0.6 is 0 Å². The molecule has 1 aromatic carbocycles. The fraction of sp³-hybridized carbons (Fsp3) is 0.364. The number of para-hydroxylation sites is 1. The molecule has 0 aliphatic heterocycles. The van der Waals surface area contributed by atoms with Crippen LogP contribution in [-0.4, -0.2) is 31.5 Å². The van der Waals surface area contributed by atoms with E-state index in [0.29, 0.717) is 12.3 Å². The maximum absolute atomic E-state index is 11.2. The molecule has 5 nitrogen and oxygen atoms in total. The summed E-state index contributed by atoms with van der Waals surface area (Å²) < 4.78 is 9.69. The zero-order valence-electron chi connectivity index (χ0n) is 9.10. The predicted octanol–water partition coefficient (Wildman–Crippen LogP) is 1.37. The van der Waals surface area contributed by atoms with E-state index >= 15 is 0 Å². The monoisotopic (exact) mass is 225 g/mol. The molecule has 0 heterocycles.